The lowest BCUT2D eigenvalue weighted by molar-refractivity contribution is 0.0600. The van der Waals surface area contributed by atoms with Crippen LogP contribution in [0.4, 0.5) is 0 Å². The molecule has 39 heavy (non-hydrogen) atoms. The number of benzene rings is 2. The summed E-state index contributed by atoms with van der Waals surface area (Å²) in [6.07, 6.45) is 6.39. The van der Waals surface area contributed by atoms with Crippen LogP contribution in [0.15, 0.2) is 78.0 Å². The van der Waals surface area contributed by atoms with Gasteiger partial charge in [0.15, 0.2) is 5.65 Å². The van der Waals surface area contributed by atoms with Crippen LogP contribution in [0, 0.1) is 6.92 Å². The van der Waals surface area contributed by atoms with E-state index in [1.807, 2.05) is 71.9 Å². The summed E-state index contributed by atoms with van der Waals surface area (Å²) < 4.78 is 10.5. The highest BCUT2D eigenvalue weighted by Crippen LogP contribution is 2.29. The molecule has 2 aromatic carbocycles. The van der Waals surface area contributed by atoms with E-state index < -0.39 is 0 Å². The fourth-order valence-corrected chi connectivity index (χ4v) is 5.53. The number of aryl methyl sites for hydroxylation is 2. The minimum absolute atomic E-state index is 0.0318. The molecule has 0 saturated carbocycles. The van der Waals surface area contributed by atoms with Gasteiger partial charge < -0.3 is 9.30 Å². The van der Waals surface area contributed by atoms with E-state index in [-0.39, 0.29) is 17.7 Å². The van der Waals surface area contributed by atoms with Crippen molar-refractivity contribution in [3.05, 3.63) is 101 Å². The molecule has 0 radical (unpaired) electrons. The minimum Gasteiger partial charge on any atom is -0.465 e. The number of hydrogen-bond acceptors (Lipinski definition) is 6. The Labute approximate surface area is 225 Å². The fraction of sp³-hybridized carbons (Fsp3) is 0.267. The number of likely N-dealkylation sites (tertiary alicyclic amines) is 1. The van der Waals surface area contributed by atoms with E-state index in [2.05, 4.69) is 20.9 Å². The molecule has 5 aromatic rings. The van der Waals surface area contributed by atoms with Gasteiger partial charge in [0.1, 0.15) is 5.82 Å². The molecule has 6 rings (SSSR count). The van der Waals surface area contributed by atoms with Crippen LogP contribution in [0.25, 0.3) is 28.0 Å². The molecule has 1 atom stereocenters. The third-order valence-corrected chi connectivity index (χ3v) is 7.61. The zero-order valence-electron chi connectivity index (χ0n) is 22.2. The third kappa shape index (κ3) is 4.44. The van der Waals surface area contributed by atoms with Gasteiger partial charge in [-0.1, -0.05) is 18.2 Å². The topological polar surface area (TPSA) is 87.2 Å². The van der Waals surface area contributed by atoms with Crippen molar-refractivity contribution in [2.24, 2.45) is 7.05 Å². The Morgan fingerprint density at radius 3 is 2.56 bits per heavy atom. The Morgan fingerprint density at radius 2 is 1.85 bits per heavy atom. The van der Waals surface area contributed by atoms with Crippen LogP contribution >= 0.6 is 0 Å². The highest BCUT2D eigenvalue weighted by molar-refractivity contribution is 5.90. The Bertz CT molecular complexity index is 1730. The smallest absolute Gasteiger partial charge is 0.337 e. The van der Waals surface area contributed by atoms with Crippen LogP contribution < -0.4 is 5.69 Å². The minimum atomic E-state index is -0.362. The van der Waals surface area contributed by atoms with E-state index in [1.165, 1.54) is 7.11 Å². The third-order valence-electron chi connectivity index (χ3n) is 7.61. The number of esters is 1. The first-order valence-electron chi connectivity index (χ1n) is 13.0. The average molecular weight is 523 g/mol. The quantitative estimate of drug-likeness (QED) is 0.312. The fourth-order valence-electron chi connectivity index (χ4n) is 5.53. The van der Waals surface area contributed by atoms with Crippen LogP contribution in [-0.2, 0) is 18.3 Å². The maximum Gasteiger partial charge on any atom is 0.337 e. The monoisotopic (exact) mass is 522 g/mol. The van der Waals surface area contributed by atoms with Crippen LogP contribution in [0.5, 0.6) is 0 Å². The predicted molar refractivity (Wildman–Crippen MR) is 149 cm³/mol. The SMILES string of the molecule is COC(=O)c1ccc(-c2ccc(-n3c(=O)n([C@@H]4CCN(Cc5nccn5C)C4)c4ncccc43)c(C)c2)cc1. The van der Waals surface area contributed by atoms with Gasteiger partial charge in [-0.05, 0) is 66.4 Å². The summed E-state index contributed by atoms with van der Waals surface area (Å²) >= 11 is 0. The number of ether oxygens (including phenoxy) is 1. The maximum absolute atomic E-state index is 14.0. The number of aromatic nitrogens is 5. The number of fused-ring (bicyclic) bond motifs is 1. The van der Waals surface area contributed by atoms with Crippen molar-refractivity contribution < 1.29 is 9.53 Å². The number of pyridine rings is 1. The van der Waals surface area contributed by atoms with Gasteiger partial charge in [-0.3, -0.25) is 14.0 Å². The van der Waals surface area contributed by atoms with Crippen molar-refractivity contribution in [2.75, 3.05) is 20.2 Å². The highest BCUT2D eigenvalue weighted by atomic mass is 16.5. The highest BCUT2D eigenvalue weighted by Gasteiger charge is 2.29. The molecule has 0 aliphatic carbocycles. The number of rotatable bonds is 6. The molecule has 0 unspecified atom stereocenters. The van der Waals surface area contributed by atoms with E-state index >= 15 is 0 Å². The van der Waals surface area contributed by atoms with Crippen molar-refractivity contribution >= 4 is 17.1 Å². The second-order valence-electron chi connectivity index (χ2n) is 10.0. The number of imidazole rings is 2. The second-order valence-corrected chi connectivity index (χ2v) is 10.0. The molecule has 4 heterocycles. The van der Waals surface area contributed by atoms with E-state index in [0.29, 0.717) is 11.2 Å². The second kappa shape index (κ2) is 9.99. The molecule has 1 fully saturated rings. The Hall–Kier alpha value is -4.50. The van der Waals surface area contributed by atoms with Gasteiger partial charge >= 0.3 is 11.7 Å². The zero-order valence-corrected chi connectivity index (χ0v) is 22.2. The molecule has 0 bridgehead atoms. The van der Waals surface area contributed by atoms with E-state index in [9.17, 15) is 9.59 Å². The molecule has 3 aromatic heterocycles. The molecule has 0 amide bonds. The lowest BCUT2D eigenvalue weighted by Gasteiger charge is -2.16. The molecule has 9 nitrogen and oxygen atoms in total. The number of methoxy groups -OCH3 is 1. The Balaban J connectivity index is 1.34. The van der Waals surface area contributed by atoms with Crippen molar-refractivity contribution in [3.8, 4) is 16.8 Å². The van der Waals surface area contributed by atoms with Gasteiger partial charge in [-0.2, -0.15) is 0 Å². The van der Waals surface area contributed by atoms with Gasteiger partial charge in [0.05, 0.1) is 36.5 Å². The number of carbonyl (C=O) groups excluding carboxylic acids is 1. The number of hydrogen-bond donors (Lipinski definition) is 0. The molecule has 1 aliphatic heterocycles. The van der Waals surface area contributed by atoms with E-state index in [0.717, 1.165) is 59.8 Å². The molecule has 9 heteroatoms. The van der Waals surface area contributed by atoms with E-state index in [4.69, 9.17) is 4.74 Å². The van der Waals surface area contributed by atoms with Crippen LogP contribution in [0.2, 0.25) is 0 Å². The summed E-state index contributed by atoms with van der Waals surface area (Å²) in [6, 6.07) is 17.2. The summed E-state index contributed by atoms with van der Waals surface area (Å²) in [4.78, 5) is 37.2. The Morgan fingerprint density at radius 1 is 1.05 bits per heavy atom. The molecular weight excluding hydrogens is 492 g/mol. The molecule has 198 valence electrons. The van der Waals surface area contributed by atoms with Crippen molar-refractivity contribution in [2.45, 2.75) is 25.9 Å². The van der Waals surface area contributed by atoms with Crippen LogP contribution in [0.1, 0.15) is 34.2 Å². The van der Waals surface area contributed by atoms with Gasteiger partial charge in [0, 0.05) is 38.7 Å². The molecular formula is C30H30N6O3. The first-order chi connectivity index (χ1) is 18.9. The first kappa shape index (κ1) is 24.8. The van der Waals surface area contributed by atoms with Crippen LogP contribution in [-0.4, -0.2) is 54.7 Å². The number of carbonyl (C=O) groups is 1. The summed E-state index contributed by atoms with van der Waals surface area (Å²) in [5.74, 6) is 0.652. The molecule has 1 aliphatic rings. The van der Waals surface area contributed by atoms with Gasteiger partial charge in [-0.25, -0.2) is 19.6 Å². The summed E-state index contributed by atoms with van der Waals surface area (Å²) in [7, 11) is 3.38. The van der Waals surface area contributed by atoms with E-state index in [1.54, 1.807) is 22.9 Å². The van der Waals surface area contributed by atoms with Crippen molar-refractivity contribution in [3.63, 3.8) is 0 Å². The number of nitrogens with zero attached hydrogens (tertiary/aromatic N) is 6. The zero-order chi connectivity index (χ0) is 27.1. The van der Waals surface area contributed by atoms with Gasteiger partial charge in [0.25, 0.3) is 0 Å². The van der Waals surface area contributed by atoms with Crippen LogP contribution in [0.3, 0.4) is 0 Å². The lowest BCUT2D eigenvalue weighted by atomic mass is 10.0. The largest absolute Gasteiger partial charge is 0.465 e. The summed E-state index contributed by atoms with van der Waals surface area (Å²) in [6.45, 7) is 4.42. The average Bonchev–Trinajstić information content (AvgIpc) is 3.66. The van der Waals surface area contributed by atoms with Crippen molar-refractivity contribution in [1.82, 2.24) is 28.6 Å². The molecule has 1 saturated heterocycles. The Kier molecular flexibility index (Phi) is 6.36. The van der Waals surface area contributed by atoms with Gasteiger partial charge in [0.2, 0.25) is 0 Å². The summed E-state index contributed by atoms with van der Waals surface area (Å²) in [5.41, 5.74) is 5.71. The predicted octanol–water partition coefficient (Wildman–Crippen LogP) is 4.13. The molecule has 0 spiro atoms. The van der Waals surface area contributed by atoms with Crippen molar-refractivity contribution in [1.29, 1.82) is 0 Å². The maximum atomic E-state index is 14.0. The first-order valence-corrected chi connectivity index (χ1v) is 13.0. The normalized spacial score (nSPS) is 15.7. The van der Waals surface area contributed by atoms with Gasteiger partial charge in [-0.15, -0.1) is 0 Å². The summed E-state index contributed by atoms with van der Waals surface area (Å²) in [5, 5.41) is 0. The lowest BCUT2D eigenvalue weighted by Crippen LogP contribution is -2.29. The standard InChI is InChI=1S/C30H30N6O3/c1-20-17-23(21-6-8-22(9-7-21)29(37)39-3)10-11-25(20)36-26-5-4-13-32-28(26)35(30(36)38)24-12-15-34(18-24)19-27-31-14-16-33(27)2/h4-11,13-14,16-17,24H,12,15,18-19H2,1-3H3/t24-/m1/s1. The molecule has 0 N–H and O–H groups in total.